The molecule has 7 heteroatoms. The Labute approximate surface area is 97.2 Å². The lowest BCUT2D eigenvalue weighted by Gasteiger charge is -2.22. The van der Waals surface area contributed by atoms with E-state index in [-0.39, 0.29) is 19.0 Å². The minimum Gasteiger partial charge on any atom is -0.302 e. The van der Waals surface area contributed by atoms with Gasteiger partial charge in [0.1, 0.15) is 5.92 Å². The van der Waals surface area contributed by atoms with Crippen molar-refractivity contribution in [2.75, 3.05) is 19.6 Å². The SMILES string of the molecule is Cl.O=C(Cl)C(CN1CCCC1)C(F)(F)F. The first-order valence-electron chi connectivity index (χ1n) is 4.39. The number of halogens is 5. The van der Waals surface area contributed by atoms with Gasteiger partial charge in [0, 0.05) is 6.54 Å². The smallest absolute Gasteiger partial charge is 0.302 e. The van der Waals surface area contributed by atoms with Gasteiger partial charge in [0.2, 0.25) is 5.24 Å². The first-order chi connectivity index (χ1) is 6.41. The van der Waals surface area contributed by atoms with Crippen LogP contribution in [0.15, 0.2) is 0 Å². The number of nitrogens with zero attached hydrogens (tertiary/aromatic N) is 1. The maximum absolute atomic E-state index is 12.3. The van der Waals surface area contributed by atoms with Crippen LogP contribution in [0.4, 0.5) is 13.2 Å². The van der Waals surface area contributed by atoms with Crippen molar-refractivity contribution in [2.45, 2.75) is 19.0 Å². The Morgan fingerprint density at radius 3 is 2.13 bits per heavy atom. The minimum atomic E-state index is -4.53. The second-order valence-electron chi connectivity index (χ2n) is 3.41. The molecule has 90 valence electrons. The topological polar surface area (TPSA) is 20.3 Å². The molecule has 2 nitrogen and oxygen atoms in total. The molecule has 0 radical (unpaired) electrons. The molecule has 1 heterocycles. The monoisotopic (exact) mass is 265 g/mol. The number of hydrogen-bond donors (Lipinski definition) is 0. The molecule has 0 bridgehead atoms. The third kappa shape index (κ3) is 4.57. The first kappa shape index (κ1) is 15.0. The zero-order valence-corrected chi connectivity index (χ0v) is 9.46. The summed E-state index contributed by atoms with van der Waals surface area (Å²) in [4.78, 5) is 12.2. The molecule has 1 saturated heterocycles. The van der Waals surface area contributed by atoms with E-state index in [1.165, 1.54) is 0 Å². The lowest BCUT2D eigenvalue weighted by atomic mass is 10.1. The predicted octanol–water partition coefficient (Wildman–Crippen LogP) is 2.45. The summed E-state index contributed by atoms with van der Waals surface area (Å²) in [6, 6.07) is 0. The highest BCUT2D eigenvalue weighted by Gasteiger charge is 2.45. The highest BCUT2D eigenvalue weighted by molar-refractivity contribution is 6.64. The van der Waals surface area contributed by atoms with Crippen LogP contribution in [0, 0.1) is 5.92 Å². The van der Waals surface area contributed by atoms with Gasteiger partial charge in [-0.25, -0.2) is 0 Å². The average molecular weight is 266 g/mol. The van der Waals surface area contributed by atoms with Gasteiger partial charge < -0.3 is 4.90 Å². The molecule has 0 N–H and O–H groups in total. The molecule has 1 rings (SSSR count). The van der Waals surface area contributed by atoms with Crippen LogP contribution in [0.3, 0.4) is 0 Å². The van der Waals surface area contributed by atoms with Crippen molar-refractivity contribution in [3.05, 3.63) is 0 Å². The number of hydrogen-bond acceptors (Lipinski definition) is 2. The largest absolute Gasteiger partial charge is 0.401 e. The molecule has 0 aromatic heterocycles. The van der Waals surface area contributed by atoms with Crippen LogP contribution >= 0.6 is 24.0 Å². The summed E-state index contributed by atoms with van der Waals surface area (Å²) in [5.74, 6) is -2.04. The summed E-state index contributed by atoms with van der Waals surface area (Å²) >= 11 is 4.92. The fourth-order valence-corrected chi connectivity index (χ4v) is 1.72. The molecular formula is C8H12Cl2F3NO. The second kappa shape index (κ2) is 5.92. The Hall–Kier alpha value is -0.0000000000000000833. The van der Waals surface area contributed by atoms with Crippen LogP contribution in [-0.4, -0.2) is 36.0 Å². The van der Waals surface area contributed by atoms with Gasteiger partial charge in [-0.05, 0) is 37.5 Å². The van der Waals surface area contributed by atoms with Crippen LogP contribution < -0.4 is 0 Å². The average Bonchev–Trinajstić information content (AvgIpc) is 2.48. The molecule has 0 aromatic carbocycles. The fraction of sp³-hybridized carbons (Fsp3) is 0.875. The Kier molecular flexibility index (Phi) is 5.92. The van der Waals surface area contributed by atoms with Gasteiger partial charge in [-0.15, -0.1) is 12.4 Å². The number of rotatable bonds is 3. The normalized spacial score (nSPS) is 19.7. The van der Waals surface area contributed by atoms with Gasteiger partial charge in [0.15, 0.2) is 0 Å². The van der Waals surface area contributed by atoms with Crippen LogP contribution in [0.1, 0.15) is 12.8 Å². The lowest BCUT2D eigenvalue weighted by molar-refractivity contribution is -0.179. The summed E-state index contributed by atoms with van der Waals surface area (Å²) in [6.45, 7) is 0.944. The molecule has 15 heavy (non-hydrogen) atoms. The third-order valence-electron chi connectivity index (χ3n) is 2.31. The number of likely N-dealkylation sites (tertiary alicyclic amines) is 1. The molecule has 1 aliphatic rings. The van der Waals surface area contributed by atoms with Crippen LogP contribution in [0.5, 0.6) is 0 Å². The van der Waals surface area contributed by atoms with E-state index in [2.05, 4.69) is 0 Å². The van der Waals surface area contributed by atoms with E-state index in [1.807, 2.05) is 0 Å². The maximum atomic E-state index is 12.3. The van der Waals surface area contributed by atoms with Crippen LogP contribution in [-0.2, 0) is 4.79 Å². The lowest BCUT2D eigenvalue weighted by Crippen LogP contribution is -2.38. The van der Waals surface area contributed by atoms with Gasteiger partial charge >= 0.3 is 6.18 Å². The van der Waals surface area contributed by atoms with Crippen molar-refractivity contribution >= 4 is 29.3 Å². The van der Waals surface area contributed by atoms with Gasteiger partial charge in [-0.3, -0.25) is 4.79 Å². The van der Waals surface area contributed by atoms with Gasteiger partial charge in [-0.2, -0.15) is 13.2 Å². The molecule has 0 amide bonds. The number of alkyl halides is 3. The molecule has 0 saturated carbocycles. The van der Waals surface area contributed by atoms with Gasteiger partial charge in [-0.1, -0.05) is 0 Å². The quantitative estimate of drug-likeness (QED) is 0.731. The van der Waals surface area contributed by atoms with Crippen molar-refractivity contribution in [1.29, 1.82) is 0 Å². The molecule has 1 aliphatic heterocycles. The molecule has 1 fully saturated rings. The highest BCUT2D eigenvalue weighted by atomic mass is 35.5. The highest BCUT2D eigenvalue weighted by Crippen LogP contribution is 2.29. The molecule has 0 spiro atoms. The zero-order valence-electron chi connectivity index (χ0n) is 7.89. The molecule has 0 aliphatic carbocycles. The van der Waals surface area contributed by atoms with E-state index in [9.17, 15) is 18.0 Å². The van der Waals surface area contributed by atoms with Crippen LogP contribution in [0.25, 0.3) is 0 Å². The van der Waals surface area contributed by atoms with E-state index < -0.39 is 17.3 Å². The zero-order chi connectivity index (χ0) is 10.8. The summed E-state index contributed by atoms with van der Waals surface area (Å²) < 4.78 is 36.9. The van der Waals surface area contributed by atoms with E-state index in [0.717, 1.165) is 12.8 Å². The Morgan fingerprint density at radius 1 is 1.33 bits per heavy atom. The second-order valence-corrected chi connectivity index (χ2v) is 3.78. The Bertz CT molecular complexity index is 216. The third-order valence-corrected chi connectivity index (χ3v) is 2.57. The van der Waals surface area contributed by atoms with Crippen molar-refractivity contribution in [3.63, 3.8) is 0 Å². The summed E-state index contributed by atoms with van der Waals surface area (Å²) in [7, 11) is 0. The van der Waals surface area contributed by atoms with E-state index in [0.29, 0.717) is 13.1 Å². The molecule has 1 unspecified atom stereocenters. The van der Waals surface area contributed by atoms with E-state index in [1.54, 1.807) is 4.90 Å². The Morgan fingerprint density at radius 2 is 1.80 bits per heavy atom. The van der Waals surface area contributed by atoms with Crippen LogP contribution in [0.2, 0.25) is 0 Å². The maximum Gasteiger partial charge on any atom is 0.401 e. The molecule has 0 aromatic rings. The van der Waals surface area contributed by atoms with Crippen molar-refractivity contribution in [3.8, 4) is 0 Å². The predicted molar refractivity (Wildman–Crippen MR) is 53.3 cm³/mol. The number of carbonyl (C=O) groups is 1. The molecular weight excluding hydrogens is 254 g/mol. The molecule has 1 atom stereocenters. The standard InChI is InChI=1S/C8H11ClF3NO.ClH/c9-7(14)6(8(10,11)12)5-13-3-1-2-4-13;/h6H,1-5H2;1H. The van der Waals surface area contributed by atoms with Crippen molar-refractivity contribution < 1.29 is 18.0 Å². The van der Waals surface area contributed by atoms with Crippen molar-refractivity contribution in [2.24, 2.45) is 5.92 Å². The van der Waals surface area contributed by atoms with Gasteiger partial charge in [0.25, 0.3) is 0 Å². The van der Waals surface area contributed by atoms with E-state index >= 15 is 0 Å². The fourth-order valence-electron chi connectivity index (χ4n) is 1.53. The summed E-state index contributed by atoms with van der Waals surface area (Å²) in [6.07, 6.45) is -2.75. The summed E-state index contributed by atoms with van der Waals surface area (Å²) in [5.41, 5.74) is 0. The van der Waals surface area contributed by atoms with E-state index in [4.69, 9.17) is 11.6 Å². The summed E-state index contributed by atoms with van der Waals surface area (Å²) in [5, 5.41) is -1.32. The van der Waals surface area contributed by atoms with Crippen molar-refractivity contribution in [1.82, 2.24) is 4.90 Å². The van der Waals surface area contributed by atoms with Gasteiger partial charge in [0.05, 0.1) is 0 Å². The Balaban J connectivity index is 0.00000196. The first-order valence-corrected chi connectivity index (χ1v) is 4.77. The number of carbonyl (C=O) groups excluding carboxylic acids is 1. The minimum absolute atomic E-state index is 0.